The predicted molar refractivity (Wildman–Crippen MR) is 93.6 cm³/mol. The fourth-order valence-corrected chi connectivity index (χ4v) is 3.50. The van der Waals surface area contributed by atoms with Gasteiger partial charge in [-0.3, -0.25) is 4.79 Å². The first kappa shape index (κ1) is 16.3. The van der Waals surface area contributed by atoms with E-state index in [0.717, 1.165) is 22.9 Å². The molecule has 0 aliphatic carbocycles. The second-order valence-corrected chi connectivity index (χ2v) is 6.92. The van der Waals surface area contributed by atoms with Gasteiger partial charge in [0, 0.05) is 35.5 Å². The van der Waals surface area contributed by atoms with Crippen LogP contribution in [0, 0.1) is 0 Å². The number of aromatic amines is 1. The van der Waals surface area contributed by atoms with E-state index >= 15 is 0 Å². The molecule has 24 heavy (non-hydrogen) atoms. The van der Waals surface area contributed by atoms with Crippen LogP contribution in [-0.4, -0.2) is 33.4 Å². The van der Waals surface area contributed by atoms with Crippen LogP contribution in [0.25, 0.3) is 16.5 Å². The molecule has 1 aromatic heterocycles. The Labute approximate surface area is 141 Å². The van der Waals surface area contributed by atoms with Gasteiger partial charge in [-0.15, -0.1) is 0 Å². The average Bonchev–Trinajstić information content (AvgIpc) is 2.85. The molecule has 2 heterocycles. The molecule has 0 spiro atoms. The van der Waals surface area contributed by atoms with Gasteiger partial charge in [-0.1, -0.05) is 39.0 Å². The maximum absolute atomic E-state index is 12.4. The van der Waals surface area contributed by atoms with Gasteiger partial charge in [-0.05, 0) is 18.1 Å². The summed E-state index contributed by atoms with van der Waals surface area (Å²) in [7, 11) is 0. The molecule has 126 valence electrons. The van der Waals surface area contributed by atoms with Crippen molar-refractivity contribution in [3.8, 4) is 0 Å². The van der Waals surface area contributed by atoms with Crippen molar-refractivity contribution in [3.05, 3.63) is 41.7 Å². The van der Waals surface area contributed by atoms with Gasteiger partial charge in [-0.25, -0.2) is 4.79 Å². The maximum atomic E-state index is 12.4. The Morgan fingerprint density at radius 2 is 2.00 bits per heavy atom. The Kier molecular flexibility index (Phi) is 3.95. The van der Waals surface area contributed by atoms with E-state index in [0.29, 0.717) is 18.7 Å². The molecule has 2 N–H and O–H groups in total. The average molecular weight is 326 g/mol. The van der Waals surface area contributed by atoms with Crippen LogP contribution >= 0.6 is 0 Å². The molecule has 0 fully saturated rings. The highest BCUT2D eigenvalue weighted by Crippen LogP contribution is 2.40. The third-order valence-corrected chi connectivity index (χ3v) is 4.52. The van der Waals surface area contributed by atoms with Gasteiger partial charge in [0.25, 0.3) is 0 Å². The van der Waals surface area contributed by atoms with Crippen molar-refractivity contribution in [3.63, 3.8) is 0 Å². The molecule has 0 saturated heterocycles. The number of fused-ring (bicyclic) bond motifs is 3. The highest BCUT2D eigenvalue weighted by atomic mass is 16.4. The number of rotatable bonds is 3. The van der Waals surface area contributed by atoms with Gasteiger partial charge in [0.05, 0.1) is 11.3 Å². The molecule has 0 bridgehead atoms. The van der Waals surface area contributed by atoms with Crippen LogP contribution < -0.4 is 0 Å². The quantitative estimate of drug-likeness (QED) is 0.906. The largest absolute Gasteiger partial charge is 0.478 e. The second-order valence-electron chi connectivity index (χ2n) is 6.92. The fraction of sp³-hybridized carbons (Fsp3) is 0.368. The number of carboxylic acids is 1. The number of carbonyl (C=O) groups excluding carboxylic acids is 1. The smallest absolute Gasteiger partial charge is 0.339 e. The number of carbonyl (C=O) groups is 2. The summed E-state index contributed by atoms with van der Waals surface area (Å²) in [5, 5.41) is 10.7. The lowest BCUT2D eigenvalue weighted by molar-refractivity contribution is -0.130. The summed E-state index contributed by atoms with van der Waals surface area (Å²) < 4.78 is 0. The van der Waals surface area contributed by atoms with E-state index in [2.05, 4.69) is 18.8 Å². The number of nitrogens with one attached hydrogen (secondary N) is 1. The Bertz CT molecular complexity index is 845. The predicted octanol–water partition coefficient (Wildman–Crippen LogP) is 3.51. The standard InChI is InChI=1S/C19H22N2O3/c1-4-7-15(22)21-10-13(18(23)24)17-16(19(2,3)11-21)12-8-5-6-9-14(12)20-17/h5-6,8-10,20H,4,7,11H2,1-3H3,(H,23,24). The van der Waals surface area contributed by atoms with Gasteiger partial charge in [-0.2, -0.15) is 0 Å². The number of amides is 1. The molecule has 0 saturated carbocycles. The minimum absolute atomic E-state index is 0.0428. The summed E-state index contributed by atoms with van der Waals surface area (Å²) in [5.74, 6) is -1.08. The third-order valence-electron chi connectivity index (χ3n) is 4.52. The van der Waals surface area contributed by atoms with Crippen molar-refractivity contribution in [2.75, 3.05) is 6.54 Å². The van der Waals surface area contributed by atoms with Crippen LogP contribution in [0.15, 0.2) is 30.5 Å². The van der Waals surface area contributed by atoms with Crippen molar-refractivity contribution >= 4 is 28.4 Å². The number of aliphatic carboxylic acids is 1. The number of nitrogens with zero attached hydrogens (tertiary/aromatic N) is 1. The molecule has 1 amide bonds. The Morgan fingerprint density at radius 3 is 2.67 bits per heavy atom. The van der Waals surface area contributed by atoms with E-state index in [1.165, 1.54) is 6.20 Å². The van der Waals surface area contributed by atoms with Gasteiger partial charge in [0.1, 0.15) is 0 Å². The minimum Gasteiger partial charge on any atom is -0.478 e. The summed E-state index contributed by atoms with van der Waals surface area (Å²) in [4.78, 5) is 29.1. The van der Waals surface area contributed by atoms with E-state index in [9.17, 15) is 14.7 Å². The topological polar surface area (TPSA) is 73.4 Å². The molecule has 1 aromatic carbocycles. The highest BCUT2D eigenvalue weighted by Gasteiger charge is 2.36. The maximum Gasteiger partial charge on any atom is 0.339 e. The van der Waals surface area contributed by atoms with Crippen molar-refractivity contribution in [2.24, 2.45) is 0 Å². The summed E-state index contributed by atoms with van der Waals surface area (Å²) in [6, 6.07) is 7.81. The fourth-order valence-electron chi connectivity index (χ4n) is 3.50. The van der Waals surface area contributed by atoms with Crippen LogP contribution in [-0.2, 0) is 15.0 Å². The van der Waals surface area contributed by atoms with Crippen molar-refractivity contribution in [1.82, 2.24) is 9.88 Å². The summed E-state index contributed by atoms with van der Waals surface area (Å²) in [6.45, 7) is 6.50. The van der Waals surface area contributed by atoms with Gasteiger partial charge < -0.3 is 15.0 Å². The first-order valence-corrected chi connectivity index (χ1v) is 8.21. The zero-order valence-electron chi connectivity index (χ0n) is 14.2. The number of hydrogen-bond acceptors (Lipinski definition) is 2. The first-order valence-electron chi connectivity index (χ1n) is 8.21. The van der Waals surface area contributed by atoms with Crippen molar-refractivity contribution < 1.29 is 14.7 Å². The number of aromatic nitrogens is 1. The Hall–Kier alpha value is -2.56. The lowest BCUT2D eigenvalue weighted by atomic mass is 9.82. The molecule has 1 aliphatic rings. The van der Waals surface area contributed by atoms with Crippen LogP contribution in [0.2, 0.25) is 0 Å². The van der Waals surface area contributed by atoms with E-state index < -0.39 is 5.97 Å². The lowest BCUT2D eigenvalue weighted by Crippen LogP contribution is -2.36. The monoisotopic (exact) mass is 326 g/mol. The van der Waals surface area contributed by atoms with Crippen LogP contribution in [0.3, 0.4) is 0 Å². The third kappa shape index (κ3) is 2.60. The molecular formula is C19H22N2O3. The number of hydrogen-bond donors (Lipinski definition) is 2. The van der Waals surface area contributed by atoms with Crippen LogP contribution in [0.4, 0.5) is 0 Å². The number of benzene rings is 1. The van der Waals surface area contributed by atoms with E-state index in [4.69, 9.17) is 0 Å². The number of H-pyrrole nitrogens is 1. The zero-order chi connectivity index (χ0) is 17.5. The van der Waals surface area contributed by atoms with Crippen LogP contribution in [0.1, 0.15) is 44.9 Å². The van der Waals surface area contributed by atoms with Crippen molar-refractivity contribution in [2.45, 2.75) is 39.0 Å². The SMILES string of the molecule is CCCC(=O)N1C=C(C(=O)O)c2[nH]c3ccccc3c2C(C)(C)C1. The summed E-state index contributed by atoms with van der Waals surface area (Å²) in [5.41, 5.74) is 2.23. The van der Waals surface area contributed by atoms with E-state index in [1.54, 1.807) is 4.90 Å². The first-order chi connectivity index (χ1) is 11.3. The molecule has 0 unspecified atom stereocenters. The van der Waals surface area contributed by atoms with Gasteiger partial charge in [0.15, 0.2) is 0 Å². The van der Waals surface area contributed by atoms with Crippen LogP contribution in [0.5, 0.6) is 0 Å². The number of carboxylic acid groups (broad SMARTS) is 1. The summed E-state index contributed by atoms with van der Waals surface area (Å²) >= 11 is 0. The summed E-state index contributed by atoms with van der Waals surface area (Å²) in [6.07, 6.45) is 2.64. The molecule has 0 atom stereocenters. The van der Waals surface area contributed by atoms with E-state index in [1.807, 2.05) is 31.2 Å². The van der Waals surface area contributed by atoms with E-state index in [-0.39, 0.29) is 16.9 Å². The molecule has 5 nitrogen and oxygen atoms in total. The number of para-hydroxylation sites is 1. The normalized spacial score (nSPS) is 16.5. The molecule has 3 rings (SSSR count). The minimum atomic E-state index is -1.03. The zero-order valence-corrected chi connectivity index (χ0v) is 14.2. The lowest BCUT2D eigenvalue weighted by Gasteiger charge is -2.29. The van der Waals surface area contributed by atoms with Gasteiger partial charge in [0.2, 0.25) is 5.91 Å². The molecule has 0 radical (unpaired) electrons. The molecule has 1 aliphatic heterocycles. The molecule has 2 aromatic rings. The molecular weight excluding hydrogens is 304 g/mol. The second kappa shape index (κ2) is 5.82. The van der Waals surface area contributed by atoms with Crippen molar-refractivity contribution in [1.29, 1.82) is 0 Å². The highest BCUT2D eigenvalue weighted by molar-refractivity contribution is 6.17. The molecule has 5 heteroatoms. The van der Waals surface area contributed by atoms with Gasteiger partial charge >= 0.3 is 5.97 Å². The Balaban J connectivity index is 2.25. The Morgan fingerprint density at radius 1 is 1.29 bits per heavy atom.